The molecule has 0 saturated carbocycles. The van der Waals surface area contributed by atoms with Gasteiger partial charge >= 0.3 is 16.4 Å². The maximum Gasteiger partial charge on any atom is 0.397 e. The molecule has 0 amide bonds. The quantitative estimate of drug-likeness (QED) is 0.585. The molecule has 0 aliphatic carbocycles. The Balaban J connectivity index is -0.000000209. The molecule has 0 aliphatic rings. The van der Waals surface area contributed by atoms with E-state index in [0.29, 0.717) is 0 Å². The molecule has 0 bridgehead atoms. The molecule has 0 aromatic rings. The topological polar surface area (TPSA) is 104 Å². The normalized spacial score (nSPS) is 9.79. The van der Waals surface area contributed by atoms with Crippen molar-refractivity contribution < 1.29 is 27.1 Å². The molecule has 0 saturated heterocycles. The summed E-state index contributed by atoms with van der Waals surface area (Å²) >= 11 is 0. The van der Waals surface area contributed by atoms with Gasteiger partial charge in [-0.05, 0) is 26.1 Å². The molecule has 0 aromatic carbocycles. The second-order valence-corrected chi connectivity index (χ2v) is 4.33. The lowest BCUT2D eigenvalue weighted by Crippen LogP contribution is -2.23. The maximum absolute atomic E-state index is 9.33. The monoisotopic (exact) mass is 298 g/mol. The Kier molecular flexibility index (Phi) is 18.4. The van der Waals surface area contributed by atoms with Crippen molar-refractivity contribution in [3.63, 3.8) is 0 Å². The molecule has 0 spiro atoms. The molecule has 1 radical (unpaired) electrons. The van der Waals surface area contributed by atoms with E-state index in [1.54, 1.807) is 0 Å². The number of carbonyl (C=O) groups excluding carboxylic acids is 1. The smallest absolute Gasteiger partial charge is 0.304 e. The van der Waals surface area contributed by atoms with Gasteiger partial charge in [-0.1, -0.05) is 27.4 Å². The van der Waals surface area contributed by atoms with Gasteiger partial charge in [-0.3, -0.25) is 8.74 Å². The van der Waals surface area contributed by atoms with Crippen LogP contribution >= 0.6 is 0 Å². The van der Waals surface area contributed by atoms with Gasteiger partial charge in [0.05, 0.1) is 7.11 Å². The summed E-state index contributed by atoms with van der Waals surface area (Å²) in [5.41, 5.74) is 0. The van der Waals surface area contributed by atoms with E-state index in [4.69, 9.17) is 14.5 Å². The van der Waals surface area contributed by atoms with E-state index >= 15 is 0 Å². The summed E-state index contributed by atoms with van der Waals surface area (Å²) < 4.78 is 29.7. The van der Waals surface area contributed by atoms with E-state index in [2.05, 4.69) is 36.4 Å². The van der Waals surface area contributed by atoms with E-state index in [9.17, 15) is 8.42 Å². The predicted molar refractivity (Wildman–Crippen MR) is 72.5 cm³/mol. The molecule has 0 heterocycles. The first kappa shape index (κ1) is 23.2. The third kappa shape index (κ3) is 31.6. The zero-order chi connectivity index (χ0) is 15.9. The second kappa shape index (κ2) is 15.1. The van der Waals surface area contributed by atoms with Crippen molar-refractivity contribution >= 4 is 16.4 Å². The van der Waals surface area contributed by atoms with Gasteiger partial charge in [0.2, 0.25) is 0 Å². The van der Waals surface area contributed by atoms with E-state index in [1.807, 2.05) is 0 Å². The largest absolute Gasteiger partial charge is 0.397 e. The summed E-state index contributed by atoms with van der Waals surface area (Å²) in [6, 6.07) is 0. The SMILES string of the molecule is C=CC([O])=O.CCCN(CC)CC.COS(=O)(=O)O. The second-order valence-electron chi connectivity index (χ2n) is 3.14. The van der Waals surface area contributed by atoms with Gasteiger partial charge in [-0.15, -0.1) is 0 Å². The van der Waals surface area contributed by atoms with Crippen molar-refractivity contribution in [1.82, 2.24) is 4.90 Å². The highest BCUT2D eigenvalue weighted by Gasteiger charge is 1.94. The average Bonchev–Trinajstić information content (AvgIpc) is 2.36. The standard InChI is InChI=1S/C7H17N.C3H3O2.CH4O4S/c1-4-7-8(5-2)6-3;1-2-3(4)5;1-5-6(2,3)4/h4-7H2,1-3H3;2H,1H2;1H3,(H,2,3,4). The van der Waals surface area contributed by atoms with Crippen LogP contribution in [0.2, 0.25) is 0 Å². The van der Waals surface area contributed by atoms with Crippen molar-refractivity contribution in [2.45, 2.75) is 27.2 Å². The van der Waals surface area contributed by atoms with Crippen molar-refractivity contribution in [3.8, 4) is 0 Å². The predicted octanol–water partition coefficient (Wildman–Crippen LogP) is 1.30. The third-order valence-corrected chi connectivity index (χ3v) is 2.23. The van der Waals surface area contributed by atoms with E-state index in [-0.39, 0.29) is 0 Å². The van der Waals surface area contributed by atoms with Crippen molar-refractivity contribution in [1.29, 1.82) is 0 Å². The molecule has 8 heteroatoms. The first-order valence-corrected chi connectivity index (χ1v) is 7.13. The van der Waals surface area contributed by atoms with E-state index < -0.39 is 16.4 Å². The Morgan fingerprint density at radius 3 is 1.68 bits per heavy atom. The minimum absolute atomic E-state index is 0.722. The zero-order valence-electron chi connectivity index (χ0n) is 12.0. The molecule has 7 nitrogen and oxygen atoms in total. The van der Waals surface area contributed by atoms with Gasteiger partial charge < -0.3 is 4.90 Å². The minimum atomic E-state index is -4.16. The number of hydrogen-bond donors (Lipinski definition) is 1. The fourth-order valence-corrected chi connectivity index (χ4v) is 0.856. The van der Waals surface area contributed by atoms with E-state index in [1.165, 1.54) is 26.1 Å². The van der Waals surface area contributed by atoms with Crippen molar-refractivity contribution in [2.24, 2.45) is 0 Å². The summed E-state index contributed by atoms with van der Waals surface area (Å²) in [5, 5.41) is 9.14. The highest BCUT2D eigenvalue weighted by atomic mass is 32.3. The van der Waals surface area contributed by atoms with Crippen molar-refractivity contribution in [2.75, 3.05) is 26.7 Å². The first-order valence-electron chi connectivity index (χ1n) is 5.77. The number of rotatable bonds is 6. The molecule has 0 aliphatic heterocycles. The van der Waals surface area contributed by atoms with Crippen LogP contribution in [0.25, 0.3) is 0 Å². The Hall–Kier alpha value is -0.960. The van der Waals surface area contributed by atoms with Gasteiger partial charge in [-0.25, -0.2) is 9.90 Å². The van der Waals surface area contributed by atoms with Crippen LogP contribution in [-0.4, -0.2) is 50.6 Å². The molecular weight excluding hydrogens is 274 g/mol. The Morgan fingerprint density at radius 1 is 1.32 bits per heavy atom. The molecule has 0 aromatic heterocycles. The molecule has 19 heavy (non-hydrogen) atoms. The zero-order valence-corrected chi connectivity index (χ0v) is 12.8. The Labute approximate surface area is 115 Å². The summed E-state index contributed by atoms with van der Waals surface area (Å²) in [5.74, 6) is -1.23. The van der Waals surface area contributed by atoms with Crippen LogP contribution in [0.1, 0.15) is 27.2 Å². The third-order valence-electron chi connectivity index (χ3n) is 1.81. The highest BCUT2D eigenvalue weighted by molar-refractivity contribution is 7.80. The van der Waals surface area contributed by atoms with E-state index in [0.717, 1.165) is 13.2 Å². The number of nitrogens with zero attached hydrogens (tertiary/aromatic N) is 1. The molecular formula is C11H24NO6S. The Morgan fingerprint density at radius 2 is 1.63 bits per heavy atom. The average molecular weight is 298 g/mol. The lowest BCUT2D eigenvalue weighted by molar-refractivity contribution is -0.137. The summed E-state index contributed by atoms with van der Waals surface area (Å²) in [4.78, 5) is 11.6. The molecule has 0 unspecified atom stereocenters. The minimum Gasteiger partial charge on any atom is -0.304 e. The fourth-order valence-electron chi connectivity index (χ4n) is 0.856. The lowest BCUT2D eigenvalue weighted by atomic mass is 10.4. The molecule has 1 N–H and O–H groups in total. The summed E-state index contributed by atoms with van der Waals surface area (Å²) in [6.45, 7) is 13.2. The van der Waals surface area contributed by atoms with Gasteiger partial charge in [0.15, 0.2) is 0 Å². The van der Waals surface area contributed by atoms with Gasteiger partial charge in [-0.2, -0.15) is 8.42 Å². The van der Waals surface area contributed by atoms with Crippen LogP contribution in [0.3, 0.4) is 0 Å². The highest BCUT2D eigenvalue weighted by Crippen LogP contribution is 1.87. The maximum atomic E-state index is 9.33. The summed E-state index contributed by atoms with van der Waals surface area (Å²) in [6.07, 6.45) is 2.00. The van der Waals surface area contributed by atoms with Gasteiger partial charge in [0, 0.05) is 6.08 Å². The Bertz CT molecular complexity index is 311. The molecule has 0 fully saturated rings. The van der Waals surface area contributed by atoms with Gasteiger partial charge in [0.1, 0.15) is 0 Å². The number of hydrogen-bond acceptors (Lipinski definition) is 5. The molecule has 0 atom stereocenters. The van der Waals surface area contributed by atoms with Gasteiger partial charge in [0.25, 0.3) is 0 Å². The summed E-state index contributed by atoms with van der Waals surface area (Å²) in [7, 11) is -3.29. The van der Waals surface area contributed by atoms with Crippen LogP contribution in [-0.2, 0) is 24.5 Å². The number of carbonyl (C=O) groups is 1. The lowest BCUT2D eigenvalue weighted by Gasteiger charge is -2.15. The first-order chi connectivity index (χ1) is 8.68. The van der Waals surface area contributed by atoms with Crippen LogP contribution in [0.4, 0.5) is 0 Å². The van der Waals surface area contributed by atoms with Crippen LogP contribution in [0.15, 0.2) is 12.7 Å². The molecule has 0 rings (SSSR count). The van der Waals surface area contributed by atoms with Crippen LogP contribution in [0, 0.1) is 0 Å². The van der Waals surface area contributed by atoms with Crippen molar-refractivity contribution in [3.05, 3.63) is 12.7 Å². The fraction of sp³-hybridized carbons (Fsp3) is 0.727. The van der Waals surface area contributed by atoms with Crippen LogP contribution < -0.4 is 0 Å². The molecule has 115 valence electrons. The van der Waals surface area contributed by atoms with Crippen LogP contribution in [0.5, 0.6) is 0 Å².